The van der Waals surface area contributed by atoms with Crippen LogP contribution in [-0.4, -0.2) is 25.7 Å². The van der Waals surface area contributed by atoms with Crippen LogP contribution in [0.25, 0.3) is 0 Å². The predicted molar refractivity (Wildman–Crippen MR) is 85.8 cm³/mol. The van der Waals surface area contributed by atoms with E-state index < -0.39 is 4.92 Å². The zero-order chi connectivity index (χ0) is 15.6. The molecule has 0 bridgehead atoms. The second-order valence-corrected chi connectivity index (χ2v) is 8.46. The molecule has 2 aromatic carbocycles. The molecule has 0 spiro atoms. The third-order valence-corrected chi connectivity index (χ3v) is 7.08. The quantitative estimate of drug-likeness (QED) is 0.356. The topological polar surface area (TPSA) is 60.2 Å². The summed E-state index contributed by atoms with van der Waals surface area (Å²) in [5.41, 5.74) is 0.444. The molecule has 1 aliphatic rings. The molecule has 1 saturated carbocycles. The van der Waals surface area contributed by atoms with Crippen molar-refractivity contribution in [3.05, 3.63) is 70.3 Å². The van der Waals surface area contributed by atoms with Crippen LogP contribution in [0.5, 0.6) is 0 Å². The van der Waals surface area contributed by atoms with E-state index in [1.807, 2.05) is 18.2 Å². The Balaban J connectivity index is 1.88. The number of nitro groups is 1. The molecule has 1 aliphatic carbocycles. The average molecular weight is 360 g/mol. The van der Waals surface area contributed by atoms with Crippen molar-refractivity contribution >= 4 is 30.9 Å². The van der Waals surface area contributed by atoms with Crippen molar-refractivity contribution in [3.8, 4) is 0 Å². The second-order valence-electron chi connectivity index (χ2n) is 5.40. The van der Waals surface area contributed by atoms with E-state index >= 15 is 0 Å². The van der Waals surface area contributed by atoms with E-state index in [0.717, 1.165) is 19.3 Å². The molecule has 3 rings (SSSR count). The number of benzene rings is 2. The van der Waals surface area contributed by atoms with E-state index in [0.29, 0.717) is 5.56 Å². The molecule has 0 radical (unpaired) electrons. The zero-order valence-corrected chi connectivity index (χ0v) is 13.6. The Morgan fingerprint density at radius 2 is 1.82 bits per heavy atom. The minimum atomic E-state index is -0.452. The summed E-state index contributed by atoms with van der Waals surface area (Å²) in [7, 11) is 0. The van der Waals surface area contributed by atoms with Gasteiger partial charge in [-0.2, -0.15) is 0 Å². The summed E-state index contributed by atoms with van der Waals surface area (Å²) < 4.78 is 0.873. The van der Waals surface area contributed by atoms with E-state index in [-0.39, 0.29) is 30.7 Å². The predicted octanol–water partition coefficient (Wildman–Crippen LogP) is 3.15. The Morgan fingerprint density at radius 1 is 1.09 bits per heavy atom. The van der Waals surface area contributed by atoms with Crippen LogP contribution in [0.4, 0.5) is 5.69 Å². The number of nitro benzene ring substituents is 1. The van der Waals surface area contributed by atoms with Crippen LogP contribution in [0.15, 0.2) is 54.6 Å². The summed E-state index contributed by atoms with van der Waals surface area (Å²) in [5, 5.41) is 10.9. The van der Waals surface area contributed by atoms with E-state index in [1.165, 1.54) is 16.6 Å². The van der Waals surface area contributed by atoms with Crippen molar-refractivity contribution in [1.82, 2.24) is 0 Å². The number of carbonyl (C=O) groups is 1. The fourth-order valence-corrected chi connectivity index (χ4v) is 5.65. The molecular weight excluding hydrogens is 345 g/mol. The summed E-state index contributed by atoms with van der Waals surface area (Å²) in [6.45, 7) is 0. The Bertz CT molecular complexity index is 711. The first-order valence-electron chi connectivity index (χ1n) is 7.14. The van der Waals surface area contributed by atoms with Gasteiger partial charge in [-0.1, -0.05) is 0 Å². The summed E-state index contributed by atoms with van der Waals surface area (Å²) in [6.07, 6.45) is 2.81. The molecular formula is C17H15NO3Se. The molecule has 2 aromatic rings. The zero-order valence-electron chi connectivity index (χ0n) is 11.9. The Kier molecular flexibility index (Phi) is 4.10. The molecule has 22 heavy (non-hydrogen) atoms. The van der Waals surface area contributed by atoms with Crippen LogP contribution in [0, 0.1) is 10.1 Å². The molecule has 0 atom stereocenters. The van der Waals surface area contributed by atoms with Gasteiger partial charge in [-0.3, -0.25) is 0 Å². The van der Waals surface area contributed by atoms with Gasteiger partial charge in [-0.05, 0) is 0 Å². The van der Waals surface area contributed by atoms with Gasteiger partial charge in [0.15, 0.2) is 0 Å². The van der Waals surface area contributed by atoms with Crippen molar-refractivity contribution in [2.24, 2.45) is 0 Å². The number of hydrogen-bond acceptors (Lipinski definition) is 3. The van der Waals surface area contributed by atoms with Crippen molar-refractivity contribution in [3.63, 3.8) is 0 Å². The number of hydrogen-bond donors (Lipinski definition) is 0. The van der Waals surface area contributed by atoms with E-state index in [4.69, 9.17) is 0 Å². The van der Waals surface area contributed by atoms with Gasteiger partial charge in [0, 0.05) is 0 Å². The molecule has 5 heteroatoms. The van der Waals surface area contributed by atoms with Gasteiger partial charge in [0.2, 0.25) is 0 Å². The fraction of sp³-hybridized carbons (Fsp3) is 0.235. The third kappa shape index (κ3) is 2.82. The molecule has 0 heterocycles. The average Bonchev–Trinajstić information content (AvgIpc) is 2.51. The monoisotopic (exact) mass is 361 g/mol. The van der Waals surface area contributed by atoms with Crippen LogP contribution in [-0.2, 0) is 0 Å². The molecule has 0 aliphatic heterocycles. The summed E-state index contributed by atoms with van der Waals surface area (Å²) in [4.78, 5) is 23.4. The van der Waals surface area contributed by atoms with Crippen molar-refractivity contribution in [1.29, 1.82) is 0 Å². The van der Waals surface area contributed by atoms with Crippen LogP contribution < -0.4 is 4.46 Å². The Labute approximate surface area is 134 Å². The van der Waals surface area contributed by atoms with Crippen LogP contribution in [0.2, 0.25) is 4.31 Å². The normalized spacial score (nSPS) is 15.8. The van der Waals surface area contributed by atoms with E-state index in [9.17, 15) is 14.9 Å². The standard InChI is InChI=1S/C17H15NO3Se/c19-16(13-6-4-7-14(12-13)18(20)21)17(10-5-11-17)22-15-8-2-1-3-9-15/h1-4,6-9,12H,5,10-11H2. The first kappa shape index (κ1) is 14.9. The van der Waals surface area contributed by atoms with Gasteiger partial charge < -0.3 is 0 Å². The number of Topliss-reactive ketones (excluding diaryl/α,β-unsaturated/α-hetero) is 1. The van der Waals surface area contributed by atoms with Crippen LogP contribution in [0.3, 0.4) is 0 Å². The van der Waals surface area contributed by atoms with Crippen molar-refractivity contribution in [2.45, 2.75) is 23.6 Å². The SMILES string of the molecule is O=C(c1cccc([N+](=O)[O-])c1)C1([Se]c2ccccc2)CCC1. The maximum atomic E-state index is 12.9. The molecule has 0 amide bonds. The first-order chi connectivity index (χ1) is 10.6. The summed E-state index contributed by atoms with van der Waals surface area (Å²) in [6, 6.07) is 16.2. The Hall–Kier alpha value is -1.97. The molecule has 1 fully saturated rings. The van der Waals surface area contributed by atoms with E-state index in [1.54, 1.807) is 12.1 Å². The number of non-ortho nitro benzene ring substituents is 1. The molecule has 0 aromatic heterocycles. The maximum absolute atomic E-state index is 12.9. The molecule has 0 N–H and O–H groups in total. The number of rotatable bonds is 5. The number of carbonyl (C=O) groups excluding carboxylic acids is 1. The Morgan fingerprint density at radius 3 is 2.41 bits per heavy atom. The summed E-state index contributed by atoms with van der Waals surface area (Å²) in [5.74, 6) is 0.0614. The van der Waals surface area contributed by atoms with Crippen LogP contribution >= 0.6 is 0 Å². The minimum absolute atomic E-state index is 0.0208. The fourth-order valence-electron chi connectivity index (χ4n) is 2.61. The number of nitrogens with zero attached hydrogens (tertiary/aromatic N) is 1. The van der Waals surface area contributed by atoms with Gasteiger partial charge >= 0.3 is 134 Å². The summed E-state index contributed by atoms with van der Waals surface area (Å²) >= 11 is 0.0498. The van der Waals surface area contributed by atoms with Gasteiger partial charge in [0.25, 0.3) is 0 Å². The van der Waals surface area contributed by atoms with Crippen LogP contribution in [0.1, 0.15) is 29.6 Å². The van der Waals surface area contributed by atoms with Crippen molar-refractivity contribution < 1.29 is 9.72 Å². The van der Waals surface area contributed by atoms with Gasteiger partial charge in [-0.15, -0.1) is 0 Å². The van der Waals surface area contributed by atoms with Crippen molar-refractivity contribution in [2.75, 3.05) is 0 Å². The molecule has 4 nitrogen and oxygen atoms in total. The van der Waals surface area contributed by atoms with E-state index in [2.05, 4.69) is 12.1 Å². The second kappa shape index (κ2) is 6.03. The van der Waals surface area contributed by atoms with Gasteiger partial charge in [0.05, 0.1) is 0 Å². The first-order valence-corrected chi connectivity index (χ1v) is 8.85. The van der Waals surface area contributed by atoms with Gasteiger partial charge in [-0.25, -0.2) is 0 Å². The molecule has 0 saturated heterocycles. The molecule has 112 valence electrons. The third-order valence-electron chi connectivity index (χ3n) is 3.95. The molecule has 0 unspecified atom stereocenters. The van der Waals surface area contributed by atoms with Gasteiger partial charge in [0.1, 0.15) is 0 Å². The number of ketones is 1.